The van der Waals surface area contributed by atoms with E-state index in [0.29, 0.717) is 23.8 Å². The van der Waals surface area contributed by atoms with Gasteiger partial charge in [-0.05, 0) is 103 Å². The van der Waals surface area contributed by atoms with Crippen molar-refractivity contribution in [3.8, 4) is 5.69 Å². The molecule has 2 N–H and O–H groups in total. The summed E-state index contributed by atoms with van der Waals surface area (Å²) in [6.07, 6.45) is 8.46. The predicted octanol–water partition coefficient (Wildman–Crippen LogP) is 6.82. The predicted molar refractivity (Wildman–Crippen MR) is 149 cm³/mol. The lowest BCUT2D eigenvalue weighted by atomic mass is 9.68. The van der Waals surface area contributed by atoms with E-state index >= 15 is 0 Å². The molecule has 5 rings (SSSR count). The zero-order chi connectivity index (χ0) is 27.1. The first-order valence-electron chi connectivity index (χ1n) is 13.5. The molecule has 5 nitrogen and oxygen atoms in total. The second-order valence-corrected chi connectivity index (χ2v) is 11.4. The number of nitrogens with one attached hydrogen (secondary N) is 1. The molecular weight excluding hydrogens is 501 g/mol. The van der Waals surface area contributed by atoms with Crippen LogP contribution in [0.1, 0.15) is 75.7 Å². The van der Waals surface area contributed by atoms with Crippen LogP contribution in [-0.2, 0) is 11.2 Å². The summed E-state index contributed by atoms with van der Waals surface area (Å²) in [5.74, 6) is -0.286. The Bertz CT molecular complexity index is 1360. The van der Waals surface area contributed by atoms with Gasteiger partial charge in [0.05, 0.1) is 23.6 Å². The molecule has 3 atom stereocenters. The summed E-state index contributed by atoms with van der Waals surface area (Å²) >= 11 is 6.34. The number of aliphatic hydroxyl groups is 1. The zero-order valence-corrected chi connectivity index (χ0v) is 22.9. The van der Waals surface area contributed by atoms with Crippen LogP contribution in [0.15, 0.2) is 60.3 Å². The number of carbonyl (C=O) groups excluding carboxylic acids is 1. The average Bonchev–Trinajstić information content (AvgIpc) is 3.46. The number of halogens is 2. The number of hydrogen-bond donors (Lipinski definition) is 2. The number of benzene rings is 2. The van der Waals surface area contributed by atoms with Gasteiger partial charge in [-0.25, -0.2) is 9.07 Å². The molecular formula is C31H35ClFN3O2. The molecule has 3 aromatic rings. The van der Waals surface area contributed by atoms with Gasteiger partial charge in [0.2, 0.25) is 0 Å². The SMILES string of the molecule is CCC(O)(CC)C(=O)NC(CC1CCC2=Cc3c(cnn3-c3ccc(F)cc3)CC21C)c1cccc(Cl)c1. The van der Waals surface area contributed by atoms with E-state index < -0.39 is 5.60 Å². The molecule has 1 fully saturated rings. The van der Waals surface area contributed by atoms with Gasteiger partial charge in [-0.1, -0.05) is 50.1 Å². The highest BCUT2D eigenvalue weighted by molar-refractivity contribution is 6.30. The Morgan fingerprint density at radius 3 is 2.68 bits per heavy atom. The molecule has 0 saturated heterocycles. The van der Waals surface area contributed by atoms with Crippen LogP contribution in [0.25, 0.3) is 11.8 Å². The maximum atomic E-state index is 13.5. The molecule has 0 aliphatic heterocycles. The number of aromatic nitrogens is 2. The van der Waals surface area contributed by atoms with Crippen molar-refractivity contribution in [1.82, 2.24) is 15.1 Å². The first-order valence-corrected chi connectivity index (χ1v) is 13.9. The summed E-state index contributed by atoms with van der Waals surface area (Å²) < 4.78 is 15.4. The van der Waals surface area contributed by atoms with E-state index in [9.17, 15) is 14.3 Å². The Morgan fingerprint density at radius 1 is 1.26 bits per heavy atom. The van der Waals surface area contributed by atoms with Crippen molar-refractivity contribution < 1.29 is 14.3 Å². The molecule has 38 heavy (non-hydrogen) atoms. The molecule has 200 valence electrons. The highest BCUT2D eigenvalue weighted by Gasteiger charge is 2.46. The third kappa shape index (κ3) is 4.80. The normalized spacial score (nSPS) is 21.4. The van der Waals surface area contributed by atoms with E-state index in [4.69, 9.17) is 11.6 Å². The molecule has 1 amide bonds. The van der Waals surface area contributed by atoms with Crippen LogP contribution in [0.3, 0.4) is 0 Å². The Morgan fingerprint density at radius 2 is 2.00 bits per heavy atom. The van der Waals surface area contributed by atoms with E-state index in [2.05, 4.69) is 23.4 Å². The second kappa shape index (κ2) is 10.3. The largest absolute Gasteiger partial charge is 0.380 e. The van der Waals surface area contributed by atoms with Crippen LogP contribution < -0.4 is 5.32 Å². The fourth-order valence-electron chi connectivity index (χ4n) is 6.25. The van der Waals surface area contributed by atoms with Gasteiger partial charge >= 0.3 is 0 Å². The lowest BCUT2D eigenvalue weighted by Crippen LogP contribution is -2.47. The van der Waals surface area contributed by atoms with Crippen LogP contribution in [0, 0.1) is 17.2 Å². The molecule has 7 heteroatoms. The monoisotopic (exact) mass is 535 g/mol. The Hall–Kier alpha value is -2.96. The van der Waals surface area contributed by atoms with Crippen molar-refractivity contribution in [2.45, 2.75) is 70.9 Å². The lowest BCUT2D eigenvalue weighted by molar-refractivity contribution is -0.141. The Labute approximate surface area is 228 Å². The molecule has 0 radical (unpaired) electrons. The van der Waals surface area contributed by atoms with E-state index in [1.807, 2.05) is 49.0 Å². The molecule has 0 bridgehead atoms. The van der Waals surface area contributed by atoms with Crippen molar-refractivity contribution in [2.24, 2.45) is 11.3 Å². The van der Waals surface area contributed by atoms with Gasteiger partial charge in [0.15, 0.2) is 0 Å². The van der Waals surface area contributed by atoms with E-state index in [-0.39, 0.29) is 23.2 Å². The van der Waals surface area contributed by atoms with Gasteiger partial charge in [0.25, 0.3) is 5.91 Å². The summed E-state index contributed by atoms with van der Waals surface area (Å²) in [7, 11) is 0. The maximum Gasteiger partial charge on any atom is 0.252 e. The van der Waals surface area contributed by atoms with Crippen LogP contribution in [0.4, 0.5) is 4.39 Å². The average molecular weight is 536 g/mol. The van der Waals surface area contributed by atoms with E-state index in [1.165, 1.54) is 23.3 Å². The quantitative estimate of drug-likeness (QED) is 0.332. The highest BCUT2D eigenvalue weighted by Crippen LogP contribution is 2.55. The number of nitrogens with zero attached hydrogens (tertiary/aromatic N) is 2. The smallest absolute Gasteiger partial charge is 0.252 e. The third-order valence-corrected chi connectivity index (χ3v) is 9.13. The number of fused-ring (bicyclic) bond motifs is 2. The lowest BCUT2D eigenvalue weighted by Gasteiger charge is -2.38. The van der Waals surface area contributed by atoms with Crippen molar-refractivity contribution in [2.75, 3.05) is 0 Å². The fourth-order valence-corrected chi connectivity index (χ4v) is 6.45. The van der Waals surface area contributed by atoms with Gasteiger partial charge in [0, 0.05) is 5.02 Å². The molecule has 2 aromatic carbocycles. The first-order chi connectivity index (χ1) is 18.2. The van der Waals surface area contributed by atoms with E-state index in [1.54, 1.807) is 12.1 Å². The number of allylic oxidation sites excluding steroid dienone is 1. The fraction of sp³-hybridized carbons (Fsp3) is 0.419. The Kier molecular flexibility index (Phi) is 7.23. The van der Waals surface area contributed by atoms with Crippen molar-refractivity contribution in [1.29, 1.82) is 0 Å². The third-order valence-electron chi connectivity index (χ3n) is 8.89. The second-order valence-electron chi connectivity index (χ2n) is 11.0. The van der Waals surface area contributed by atoms with Gasteiger partial charge in [-0.15, -0.1) is 0 Å². The summed E-state index contributed by atoms with van der Waals surface area (Å²) in [5.41, 5.74) is 3.93. The van der Waals surface area contributed by atoms with Crippen LogP contribution in [0.5, 0.6) is 0 Å². The summed E-state index contributed by atoms with van der Waals surface area (Å²) in [6, 6.07) is 13.8. The van der Waals surface area contributed by atoms with Crippen LogP contribution in [0.2, 0.25) is 5.02 Å². The van der Waals surface area contributed by atoms with E-state index in [0.717, 1.165) is 42.6 Å². The minimum atomic E-state index is -1.39. The summed E-state index contributed by atoms with van der Waals surface area (Å²) in [5, 5.41) is 19.3. The van der Waals surface area contributed by atoms with Gasteiger partial charge in [0.1, 0.15) is 11.4 Å². The molecule has 1 aromatic heterocycles. The Balaban J connectivity index is 1.43. The minimum Gasteiger partial charge on any atom is -0.380 e. The molecule has 3 unspecified atom stereocenters. The van der Waals surface area contributed by atoms with Crippen molar-refractivity contribution >= 4 is 23.6 Å². The highest BCUT2D eigenvalue weighted by atomic mass is 35.5. The first kappa shape index (κ1) is 26.6. The maximum absolute atomic E-state index is 13.5. The molecule has 0 spiro atoms. The molecule has 2 aliphatic rings. The number of amides is 1. The van der Waals surface area contributed by atoms with Crippen molar-refractivity contribution in [3.05, 3.63) is 88.0 Å². The van der Waals surface area contributed by atoms with Gasteiger partial charge in [-0.3, -0.25) is 4.79 Å². The van der Waals surface area contributed by atoms with Gasteiger partial charge < -0.3 is 10.4 Å². The summed E-state index contributed by atoms with van der Waals surface area (Å²) in [4.78, 5) is 13.2. The summed E-state index contributed by atoms with van der Waals surface area (Å²) in [6.45, 7) is 5.98. The molecule has 2 aliphatic carbocycles. The number of rotatable bonds is 8. The van der Waals surface area contributed by atoms with Crippen LogP contribution in [-0.4, -0.2) is 26.4 Å². The van der Waals surface area contributed by atoms with Crippen LogP contribution >= 0.6 is 11.6 Å². The molecule has 1 saturated carbocycles. The zero-order valence-electron chi connectivity index (χ0n) is 22.2. The van der Waals surface area contributed by atoms with Gasteiger partial charge in [-0.2, -0.15) is 5.10 Å². The number of carbonyl (C=O) groups is 1. The standard InChI is InChI=1S/C31H35ClFN3O2/c1-4-31(38,5-2)29(37)35-27(20-7-6-8-24(32)15-20)16-22-9-10-23-17-28-21(18-30(22,23)3)19-34-36(28)26-13-11-25(33)12-14-26/h6-8,11-15,17,19,22,27,38H,4-5,9-10,16,18H2,1-3H3,(H,35,37). The topological polar surface area (TPSA) is 67.2 Å². The van der Waals surface area contributed by atoms with Crippen molar-refractivity contribution in [3.63, 3.8) is 0 Å². The number of hydrogen-bond acceptors (Lipinski definition) is 3. The molecule has 1 heterocycles. The minimum absolute atomic E-state index is 0.0724.